The summed E-state index contributed by atoms with van der Waals surface area (Å²) in [5.74, 6) is 2.69. The maximum atomic E-state index is 5.48. The fourth-order valence-electron chi connectivity index (χ4n) is 1.64. The Kier molecular flexibility index (Phi) is 3.75. The van der Waals surface area contributed by atoms with Gasteiger partial charge >= 0.3 is 0 Å². The lowest BCUT2D eigenvalue weighted by molar-refractivity contribution is 0.490. The molecule has 0 unspecified atom stereocenters. The molecule has 2 aromatic heterocycles. The third kappa shape index (κ3) is 3.31. The fourth-order valence-corrected chi connectivity index (χ4v) is 1.64. The molecular formula is C13H17N3O. The van der Waals surface area contributed by atoms with Gasteiger partial charge in [-0.15, -0.1) is 0 Å². The van der Waals surface area contributed by atoms with Crippen LogP contribution in [0.25, 0.3) is 0 Å². The summed E-state index contributed by atoms with van der Waals surface area (Å²) in [6.45, 7) is 4.73. The normalized spacial score (nSPS) is 10.5. The molecule has 0 fully saturated rings. The van der Waals surface area contributed by atoms with Gasteiger partial charge in [0.25, 0.3) is 0 Å². The quantitative estimate of drug-likeness (QED) is 0.859. The molecule has 4 heteroatoms. The van der Waals surface area contributed by atoms with Gasteiger partial charge in [-0.25, -0.2) is 9.97 Å². The molecule has 17 heavy (non-hydrogen) atoms. The standard InChI is InChI=1S/C13H17N3O/c1-3-4-11-7-13(16-9-15-11)14-8-12-6-5-10(2)17-12/h5-7,9H,3-4,8H2,1-2H3,(H,14,15,16). The van der Waals surface area contributed by atoms with E-state index in [9.17, 15) is 0 Å². The average molecular weight is 231 g/mol. The minimum absolute atomic E-state index is 0.649. The van der Waals surface area contributed by atoms with E-state index in [0.717, 1.165) is 35.9 Å². The molecule has 0 saturated carbocycles. The van der Waals surface area contributed by atoms with Crippen LogP contribution >= 0.6 is 0 Å². The van der Waals surface area contributed by atoms with Gasteiger partial charge in [0.15, 0.2) is 0 Å². The second-order valence-corrected chi connectivity index (χ2v) is 4.01. The van der Waals surface area contributed by atoms with E-state index in [2.05, 4.69) is 22.2 Å². The van der Waals surface area contributed by atoms with Crippen molar-refractivity contribution < 1.29 is 4.42 Å². The summed E-state index contributed by atoms with van der Waals surface area (Å²) in [5.41, 5.74) is 1.07. The number of furan rings is 1. The number of hydrogen-bond acceptors (Lipinski definition) is 4. The van der Waals surface area contributed by atoms with E-state index in [0.29, 0.717) is 6.54 Å². The largest absolute Gasteiger partial charge is 0.465 e. The average Bonchev–Trinajstić information content (AvgIpc) is 2.74. The van der Waals surface area contributed by atoms with Crippen molar-refractivity contribution in [3.8, 4) is 0 Å². The third-order valence-corrected chi connectivity index (χ3v) is 2.47. The number of hydrogen-bond donors (Lipinski definition) is 1. The Labute approximate surface area is 101 Å². The monoisotopic (exact) mass is 231 g/mol. The fraction of sp³-hybridized carbons (Fsp3) is 0.385. The Bertz CT molecular complexity index is 479. The Hall–Kier alpha value is -1.84. The summed E-state index contributed by atoms with van der Waals surface area (Å²) in [6.07, 6.45) is 3.67. The van der Waals surface area contributed by atoms with Gasteiger partial charge in [-0.1, -0.05) is 13.3 Å². The van der Waals surface area contributed by atoms with E-state index < -0.39 is 0 Å². The Morgan fingerprint density at radius 3 is 2.88 bits per heavy atom. The highest BCUT2D eigenvalue weighted by Gasteiger charge is 2.01. The van der Waals surface area contributed by atoms with E-state index >= 15 is 0 Å². The molecule has 0 atom stereocenters. The Morgan fingerprint density at radius 2 is 2.18 bits per heavy atom. The van der Waals surface area contributed by atoms with Gasteiger partial charge < -0.3 is 9.73 Å². The van der Waals surface area contributed by atoms with Crippen LogP contribution in [0.5, 0.6) is 0 Å². The molecule has 0 saturated heterocycles. The summed E-state index contributed by atoms with van der Waals surface area (Å²) in [7, 11) is 0. The van der Waals surface area contributed by atoms with Crippen LogP contribution < -0.4 is 5.32 Å². The van der Waals surface area contributed by atoms with Crippen LogP contribution in [0.15, 0.2) is 28.9 Å². The van der Waals surface area contributed by atoms with Crippen LogP contribution in [0.3, 0.4) is 0 Å². The van der Waals surface area contributed by atoms with Crippen LogP contribution in [0, 0.1) is 6.92 Å². The van der Waals surface area contributed by atoms with Crippen LogP contribution in [-0.4, -0.2) is 9.97 Å². The molecule has 0 aliphatic carbocycles. The maximum absolute atomic E-state index is 5.48. The topological polar surface area (TPSA) is 51.0 Å². The van der Waals surface area contributed by atoms with E-state index in [1.54, 1.807) is 6.33 Å². The van der Waals surface area contributed by atoms with E-state index in [-0.39, 0.29) is 0 Å². The van der Waals surface area contributed by atoms with Crippen LogP contribution in [0.1, 0.15) is 30.6 Å². The first-order valence-corrected chi connectivity index (χ1v) is 5.88. The van der Waals surface area contributed by atoms with Crippen molar-refractivity contribution in [1.82, 2.24) is 9.97 Å². The lowest BCUT2D eigenvalue weighted by Crippen LogP contribution is -2.02. The molecule has 4 nitrogen and oxygen atoms in total. The van der Waals surface area contributed by atoms with E-state index in [4.69, 9.17) is 4.42 Å². The highest BCUT2D eigenvalue weighted by Crippen LogP contribution is 2.10. The molecule has 2 aromatic rings. The molecule has 0 aliphatic rings. The van der Waals surface area contributed by atoms with Crippen molar-refractivity contribution in [2.45, 2.75) is 33.2 Å². The van der Waals surface area contributed by atoms with Crippen molar-refractivity contribution in [3.63, 3.8) is 0 Å². The van der Waals surface area contributed by atoms with E-state index in [1.807, 2.05) is 25.1 Å². The molecule has 1 N–H and O–H groups in total. The summed E-state index contributed by atoms with van der Waals surface area (Å²) >= 11 is 0. The highest BCUT2D eigenvalue weighted by molar-refractivity contribution is 5.35. The number of aromatic nitrogens is 2. The second kappa shape index (κ2) is 5.48. The number of anilines is 1. The summed E-state index contributed by atoms with van der Waals surface area (Å²) < 4.78 is 5.48. The smallest absolute Gasteiger partial charge is 0.129 e. The maximum Gasteiger partial charge on any atom is 0.129 e. The predicted molar refractivity (Wildman–Crippen MR) is 66.8 cm³/mol. The molecule has 2 heterocycles. The molecule has 0 radical (unpaired) electrons. The van der Waals surface area contributed by atoms with Crippen molar-refractivity contribution in [2.24, 2.45) is 0 Å². The number of nitrogens with one attached hydrogen (secondary N) is 1. The third-order valence-electron chi connectivity index (χ3n) is 2.47. The molecule has 2 rings (SSSR count). The van der Waals surface area contributed by atoms with Crippen molar-refractivity contribution in [2.75, 3.05) is 5.32 Å². The number of aryl methyl sites for hydroxylation is 2. The summed E-state index contributed by atoms with van der Waals surface area (Å²) in [6, 6.07) is 5.91. The van der Waals surface area contributed by atoms with Crippen molar-refractivity contribution in [3.05, 3.63) is 41.7 Å². The van der Waals surface area contributed by atoms with Gasteiger partial charge in [0.1, 0.15) is 23.7 Å². The number of rotatable bonds is 5. The lowest BCUT2D eigenvalue weighted by atomic mass is 10.2. The molecule has 0 aliphatic heterocycles. The lowest BCUT2D eigenvalue weighted by Gasteiger charge is -2.04. The second-order valence-electron chi connectivity index (χ2n) is 4.01. The molecule has 0 aromatic carbocycles. The first kappa shape index (κ1) is 11.6. The first-order chi connectivity index (χ1) is 8.28. The van der Waals surface area contributed by atoms with Gasteiger partial charge in [-0.05, 0) is 25.5 Å². The predicted octanol–water partition coefficient (Wildman–Crippen LogP) is 2.94. The Balaban J connectivity index is 1.96. The first-order valence-electron chi connectivity index (χ1n) is 5.88. The van der Waals surface area contributed by atoms with Crippen LogP contribution in [0.4, 0.5) is 5.82 Å². The molecule has 0 amide bonds. The highest BCUT2D eigenvalue weighted by atomic mass is 16.3. The zero-order chi connectivity index (χ0) is 12.1. The summed E-state index contributed by atoms with van der Waals surface area (Å²) in [4.78, 5) is 8.39. The zero-order valence-corrected chi connectivity index (χ0v) is 10.2. The number of nitrogens with zero attached hydrogens (tertiary/aromatic N) is 2. The zero-order valence-electron chi connectivity index (χ0n) is 10.2. The summed E-state index contributed by atoms with van der Waals surface area (Å²) in [5, 5.41) is 3.23. The van der Waals surface area contributed by atoms with Gasteiger partial charge in [0.2, 0.25) is 0 Å². The van der Waals surface area contributed by atoms with Gasteiger partial charge in [-0.3, -0.25) is 0 Å². The van der Waals surface area contributed by atoms with Crippen LogP contribution in [-0.2, 0) is 13.0 Å². The molecule has 90 valence electrons. The molecule has 0 spiro atoms. The SMILES string of the molecule is CCCc1cc(NCc2ccc(C)o2)ncn1. The minimum Gasteiger partial charge on any atom is -0.465 e. The molecular weight excluding hydrogens is 214 g/mol. The van der Waals surface area contributed by atoms with Gasteiger partial charge in [0.05, 0.1) is 6.54 Å². The van der Waals surface area contributed by atoms with Gasteiger partial charge in [0, 0.05) is 11.8 Å². The Morgan fingerprint density at radius 1 is 1.29 bits per heavy atom. The minimum atomic E-state index is 0.649. The van der Waals surface area contributed by atoms with Crippen molar-refractivity contribution in [1.29, 1.82) is 0 Å². The van der Waals surface area contributed by atoms with Crippen LogP contribution in [0.2, 0.25) is 0 Å². The molecule has 0 bridgehead atoms. The van der Waals surface area contributed by atoms with E-state index in [1.165, 1.54) is 0 Å². The van der Waals surface area contributed by atoms with Crippen molar-refractivity contribution >= 4 is 5.82 Å². The van der Waals surface area contributed by atoms with Gasteiger partial charge in [-0.2, -0.15) is 0 Å².